The summed E-state index contributed by atoms with van der Waals surface area (Å²) in [5.74, 6) is -0.581. The number of rotatable bonds is 2. The molecular formula is C17H12F3N3O2. The molecule has 2 N–H and O–H groups in total. The largest absolute Gasteiger partial charge is 0.433 e. The molecule has 1 aromatic carbocycles. The lowest BCUT2D eigenvalue weighted by molar-refractivity contribution is -0.141. The summed E-state index contributed by atoms with van der Waals surface area (Å²) in [6.45, 7) is 1.77. The summed E-state index contributed by atoms with van der Waals surface area (Å²) in [6.07, 6.45) is -3.68. The third-order valence-electron chi connectivity index (χ3n) is 3.62. The summed E-state index contributed by atoms with van der Waals surface area (Å²) in [4.78, 5) is 29.5. The van der Waals surface area contributed by atoms with Crippen LogP contribution in [0.5, 0.6) is 0 Å². The zero-order valence-electron chi connectivity index (χ0n) is 12.9. The first kappa shape index (κ1) is 16.7. The van der Waals surface area contributed by atoms with Gasteiger partial charge < -0.3 is 10.3 Å². The van der Waals surface area contributed by atoms with Gasteiger partial charge in [0.05, 0.1) is 5.56 Å². The Morgan fingerprint density at radius 2 is 1.92 bits per heavy atom. The molecule has 128 valence electrons. The summed E-state index contributed by atoms with van der Waals surface area (Å²) in [6, 6.07) is 8.17. The van der Waals surface area contributed by atoms with Gasteiger partial charge in [0.25, 0.3) is 5.91 Å². The zero-order valence-corrected chi connectivity index (χ0v) is 12.9. The van der Waals surface area contributed by atoms with E-state index in [0.717, 1.165) is 29.3 Å². The van der Waals surface area contributed by atoms with Crippen LogP contribution >= 0.6 is 0 Å². The minimum atomic E-state index is -4.55. The zero-order chi connectivity index (χ0) is 18.2. The number of hydrogen-bond acceptors (Lipinski definition) is 3. The lowest BCUT2D eigenvalue weighted by Gasteiger charge is -2.09. The molecule has 5 nitrogen and oxygen atoms in total. The number of fused-ring (bicyclic) bond motifs is 1. The van der Waals surface area contributed by atoms with Gasteiger partial charge in [0, 0.05) is 28.9 Å². The van der Waals surface area contributed by atoms with Crippen molar-refractivity contribution >= 4 is 22.5 Å². The quantitative estimate of drug-likeness (QED) is 0.745. The van der Waals surface area contributed by atoms with Crippen molar-refractivity contribution in [3.05, 3.63) is 69.8 Å². The highest BCUT2D eigenvalue weighted by Gasteiger charge is 2.32. The highest BCUT2D eigenvalue weighted by atomic mass is 19.4. The molecule has 0 atom stereocenters. The first-order chi connectivity index (χ1) is 11.7. The number of carbonyl (C=O) groups excluding carboxylic acids is 1. The van der Waals surface area contributed by atoms with Crippen molar-refractivity contribution in [3.8, 4) is 0 Å². The minimum absolute atomic E-state index is 0.00582. The van der Waals surface area contributed by atoms with Gasteiger partial charge in [-0.3, -0.25) is 14.6 Å². The molecule has 2 heterocycles. The van der Waals surface area contributed by atoms with Crippen LogP contribution in [0.25, 0.3) is 10.9 Å². The lowest BCUT2D eigenvalue weighted by atomic mass is 10.1. The fraction of sp³-hybridized carbons (Fsp3) is 0.118. The predicted molar refractivity (Wildman–Crippen MR) is 86.5 cm³/mol. The highest BCUT2D eigenvalue weighted by Crippen LogP contribution is 2.27. The van der Waals surface area contributed by atoms with E-state index in [4.69, 9.17) is 0 Å². The van der Waals surface area contributed by atoms with Crippen LogP contribution in [0.15, 0.2) is 47.4 Å². The number of anilines is 1. The van der Waals surface area contributed by atoms with Gasteiger partial charge in [-0.25, -0.2) is 0 Å². The van der Waals surface area contributed by atoms with Crippen molar-refractivity contribution in [2.24, 2.45) is 0 Å². The van der Waals surface area contributed by atoms with E-state index in [-0.39, 0.29) is 11.1 Å². The molecule has 1 amide bonds. The number of aryl methyl sites for hydroxylation is 1. The summed E-state index contributed by atoms with van der Waals surface area (Å²) < 4.78 is 37.5. The van der Waals surface area contributed by atoms with Crippen molar-refractivity contribution in [1.82, 2.24) is 9.97 Å². The molecular weight excluding hydrogens is 335 g/mol. The highest BCUT2D eigenvalue weighted by molar-refractivity contribution is 6.05. The van der Waals surface area contributed by atoms with Gasteiger partial charge in [0.1, 0.15) is 5.69 Å². The van der Waals surface area contributed by atoms with E-state index >= 15 is 0 Å². The van der Waals surface area contributed by atoms with Gasteiger partial charge in [0.2, 0.25) is 5.56 Å². The fourth-order valence-corrected chi connectivity index (χ4v) is 2.40. The molecule has 3 aromatic rings. The molecule has 0 aliphatic heterocycles. The number of aromatic nitrogens is 2. The Balaban J connectivity index is 1.85. The predicted octanol–water partition coefficient (Wildman–Crippen LogP) is 3.50. The van der Waals surface area contributed by atoms with E-state index in [9.17, 15) is 22.8 Å². The average Bonchev–Trinajstić information content (AvgIpc) is 2.54. The number of hydrogen-bond donors (Lipinski definition) is 2. The van der Waals surface area contributed by atoms with Crippen molar-refractivity contribution in [3.63, 3.8) is 0 Å². The van der Waals surface area contributed by atoms with Gasteiger partial charge in [-0.1, -0.05) is 0 Å². The SMILES string of the molecule is Cc1cc(=O)[nH]c2ccc(NC(=O)c3ccc(C(F)(F)F)nc3)cc12. The number of nitrogens with zero attached hydrogens (tertiary/aromatic N) is 1. The molecule has 0 spiro atoms. The third-order valence-corrected chi connectivity index (χ3v) is 3.62. The molecule has 25 heavy (non-hydrogen) atoms. The van der Waals surface area contributed by atoms with Gasteiger partial charge >= 0.3 is 6.18 Å². The maximum Gasteiger partial charge on any atom is 0.433 e. The van der Waals surface area contributed by atoms with Gasteiger partial charge in [-0.05, 0) is 42.8 Å². The van der Waals surface area contributed by atoms with Gasteiger partial charge in [-0.15, -0.1) is 0 Å². The normalized spacial score (nSPS) is 11.5. The second kappa shape index (κ2) is 6.04. The van der Waals surface area contributed by atoms with Crippen molar-refractivity contribution in [1.29, 1.82) is 0 Å². The van der Waals surface area contributed by atoms with Crippen molar-refractivity contribution in [2.45, 2.75) is 13.1 Å². The van der Waals surface area contributed by atoms with Crippen LogP contribution in [-0.2, 0) is 6.18 Å². The lowest BCUT2D eigenvalue weighted by Crippen LogP contribution is -2.14. The number of carbonyl (C=O) groups is 1. The summed E-state index contributed by atoms with van der Waals surface area (Å²) in [5.41, 5.74) is 0.538. The molecule has 0 aliphatic carbocycles. The fourth-order valence-electron chi connectivity index (χ4n) is 2.40. The first-order valence-electron chi connectivity index (χ1n) is 7.22. The standard InChI is InChI=1S/C17H12F3N3O2/c1-9-6-15(24)23-13-4-3-11(7-12(9)13)22-16(25)10-2-5-14(21-8-10)17(18,19)20/h2-8H,1H3,(H,22,25)(H,23,24). The van der Waals surface area contributed by atoms with E-state index in [1.54, 1.807) is 25.1 Å². The summed E-state index contributed by atoms with van der Waals surface area (Å²) in [5, 5.41) is 3.35. The maximum absolute atomic E-state index is 12.5. The molecule has 0 aliphatic rings. The van der Waals surface area contributed by atoms with Crippen molar-refractivity contribution < 1.29 is 18.0 Å². The van der Waals surface area contributed by atoms with Gasteiger partial charge in [-0.2, -0.15) is 13.2 Å². The Hall–Kier alpha value is -3.16. The topological polar surface area (TPSA) is 74.8 Å². The molecule has 0 unspecified atom stereocenters. The third kappa shape index (κ3) is 3.52. The number of halogens is 3. The van der Waals surface area contributed by atoms with Crippen LogP contribution in [0.3, 0.4) is 0 Å². The minimum Gasteiger partial charge on any atom is -0.322 e. The average molecular weight is 347 g/mol. The van der Waals surface area contributed by atoms with Crippen LogP contribution in [-0.4, -0.2) is 15.9 Å². The molecule has 2 aromatic heterocycles. The summed E-state index contributed by atoms with van der Waals surface area (Å²) in [7, 11) is 0. The van der Waals surface area contributed by atoms with Crippen LogP contribution < -0.4 is 10.9 Å². The number of amides is 1. The number of H-pyrrole nitrogens is 1. The molecule has 8 heteroatoms. The van der Waals surface area contributed by atoms with Crippen molar-refractivity contribution in [2.75, 3.05) is 5.32 Å². The van der Waals surface area contributed by atoms with E-state index in [1.807, 2.05) is 0 Å². The monoisotopic (exact) mass is 347 g/mol. The Morgan fingerprint density at radius 3 is 2.56 bits per heavy atom. The Labute approximate surface area is 139 Å². The number of benzene rings is 1. The second-order valence-electron chi connectivity index (χ2n) is 5.46. The first-order valence-corrected chi connectivity index (χ1v) is 7.22. The second-order valence-corrected chi connectivity index (χ2v) is 5.46. The van der Waals surface area contributed by atoms with E-state index in [1.165, 1.54) is 6.07 Å². The number of pyridine rings is 2. The van der Waals surface area contributed by atoms with E-state index < -0.39 is 17.8 Å². The number of alkyl halides is 3. The molecule has 0 bridgehead atoms. The van der Waals surface area contributed by atoms with Crippen LogP contribution in [0, 0.1) is 6.92 Å². The Morgan fingerprint density at radius 1 is 1.16 bits per heavy atom. The van der Waals surface area contributed by atoms with E-state index in [2.05, 4.69) is 15.3 Å². The van der Waals surface area contributed by atoms with E-state index in [0.29, 0.717) is 11.2 Å². The Kier molecular flexibility index (Phi) is 4.03. The van der Waals surface area contributed by atoms with Crippen LogP contribution in [0.2, 0.25) is 0 Å². The molecule has 0 radical (unpaired) electrons. The molecule has 0 fully saturated rings. The maximum atomic E-state index is 12.5. The number of nitrogens with one attached hydrogen (secondary N) is 2. The molecule has 3 rings (SSSR count). The Bertz CT molecular complexity index is 1010. The van der Waals surface area contributed by atoms with Crippen LogP contribution in [0.1, 0.15) is 21.6 Å². The smallest absolute Gasteiger partial charge is 0.322 e. The number of aromatic amines is 1. The van der Waals surface area contributed by atoms with Gasteiger partial charge in [0.15, 0.2) is 0 Å². The summed E-state index contributed by atoms with van der Waals surface area (Å²) >= 11 is 0. The molecule has 0 saturated carbocycles. The van der Waals surface area contributed by atoms with Crippen LogP contribution in [0.4, 0.5) is 18.9 Å². The molecule has 0 saturated heterocycles.